The third-order valence-electron chi connectivity index (χ3n) is 2.24. The molecule has 0 aromatic carbocycles. The number of rotatable bonds is 4. The van der Waals surface area contributed by atoms with Crippen LogP contribution in [0.15, 0.2) is 0 Å². The van der Waals surface area contributed by atoms with Crippen LogP contribution in [-0.2, 0) is 14.3 Å². The van der Waals surface area contributed by atoms with Crippen LogP contribution in [0.5, 0.6) is 0 Å². The molecule has 0 aliphatic heterocycles. The van der Waals surface area contributed by atoms with Gasteiger partial charge in [-0.15, -0.1) is 0 Å². The molecule has 0 saturated carbocycles. The van der Waals surface area contributed by atoms with E-state index in [1.54, 1.807) is 20.8 Å². The van der Waals surface area contributed by atoms with Crippen LogP contribution in [0.2, 0.25) is 0 Å². The lowest BCUT2D eigenvalue weighted by molar-refractivity contribution is -0.158. The van der Waals surface area contributed by atoms with Gasteiger partial charge in [0, 0.05) is 0 Å². The van der Waals surface area contributed by atoms with Gasteiger partial charge in [0.15, 0.2) is 0 Å². The summed E-state index contributed by atoms with van der Waals surface area (Å²) in [7, 11) is 0. The van der Waals surface area contributed by atoms with E-state index in [0.717, 1.165) is 0 Å². The first-order valence-electron chi connectivity index (χ1n) is 6.98. The van der Waals surface area contributed by atoms with Gasteiger partial charge in [0.25, 0.3) is 0 Å². The Morgan fingerprint density at radius 3 is 1.90 bits per heavy atom. The first kappa shape index (κ1) is 18.7. The van der Waals surface area contributed by atoms with E-state index in [0.29, 0.717) is 0 Å². The topological polar surface area (TPSA) is 64.6 Å². The number of esters is 1. The lowest BCUT2D eigenvalue weighted by Crippen LogP contribution is -2.47. The number of nitrogens with one attached hydrogen (secondary N) is 1. The number of amides is 1. The second-order valence-corrected chi connectivity index (χ2v) is 7.54. The first-order chi connectivity index (χ1) is 8.82. The van der Waals surface area contributed by atoms with Gasteiger partial charge < -0.3 is 14.8 Å². The van der Waals surface area contributed by atoms with Crippen molar-refractivity contribution in [1.29, 1.82) is 0 Å². The minimum Gasteiger partial charge on any atom is -0.458 e. The molecule has 0 radical (unpaired) electrons. The van der Waals surface area contributed by atoms with Crippen molar-refractivity contribution in [1.82, 2.24) is 5.32 Å². The zero-order chi connectivity index (χ0) is 16.1. The summed E-state index contributed by atoms with van der Waals surface area (Å²) in [5.41, 5.74) is -0.697. The summed E-state index contributed by atoms with van der Waals surface area (Å²) in [5.74, 6) is -0.521. The fraction of sp³-hybridized carbons (Fsp3) is 0.867. The molecule has 20 heavy (non-hydrogen) atoms. The summed E-state index contributed by atoms with van der Waals surface area (Å²) in [6.07, 6.45) is -0.593. The molecule has 0 saturated heterocycles. The molecular formula is C15H29NO4. The summed E-state index contributed by atoms with van der Waals surface area (Å²) in [6, 6.07) is -0.707. The average Bonchev–Trinajstić information content (AvgIpc) is 2.18. The minimum absolute atomic E-state index is 0.0768. The smallest absolute Gasteiger partial charge is 0.407 e. The number of hydrogen-bond donors (Lipinski definition) is 1. The largest absolute Gasteiger partial charge is 0.458 e. The van der Waals surface area contributed by atoms with Gasteiger partial charge in [-0.2, -0.15) is 0 Å². The highest BCUT2D eigenvalue weighted by Crippen LogP contribution is 2.14. The molecule has 1 N–H and O–H groups in total. The maximum absolute atomic E-state index is 12.0. The summed E-state index contributed by atoms with van der Waals surface area (Å²) in [6.45, 7) is 15.3. The molecule has 0 rings (SSSR count). The second kappa shape index (κ2) is 6.95. The van der Waals surface area contributed by atoms with Crippen LogP contribution in [-0.4, -0.2) is 30.3 Å². The van der Waals surface area contributed by atoms with Crippen LogP contribution in [0, 0.1) is 11.3 Å². The number of alkyl carbamates (subject to hydrolysis) is 1. The molecule has 1 unspecified atom stereocenters. The van der Waals surface area contributed by atoms with E-state index in [-0.39, 0.29) is 17.9 Å². The van der Waals surface area contributed by atoms with Crippen molar-refractivity contribution < 1.29 is 19.1 Å². The number of carbonyl (C=O) groups excluding carboxylic acids is 2. The van der Waals surface area contributed by atoms with Crippen LogP contribution in [0.25, 0.3) is 0 Å². The van der Waals surface area contributed by atoms with Gasteiger partial charge in [-0.1, -0.05) is 34.6 Å². The van der Waals surface area contributed by atoms with E-state index in [9.17, 15) is 9.59 Å². The van der Waals surface area contributed by atoms with E-state index in [4.69, 9.17) is 9.47 Å². The normalized spacial score (nSPS) is 13.8. The summed E-state index contributed by atoms with van der Waals surface area (Å²) in [5, 5.41) is 2.58. The van der Waals surface area contributed by atoms with Gasteiger partial charge in [0.05, 0.1) is 6.61 Å². The Kier molecular flexibility index (Phi) is 6.51. The predicted molar refractivity (Wildman–Crippen MR) is 78.4 cm³/mol. The standard InChI is InChI=1S/C15H29NO4/c1-10(2)11(12(17)20-15(6,7)8)16-13(18)19-9-14(3,4)5/h10-11H,9H2,1-8H3,(H,16,18). The third-order valence-corrected chi connectivity index (χ3v) is 2.24. The summed E-state index contributed by atoms with van der Waals surface area (Å²) in [4.78, 5) is 23.8. The van der Waals surface area contributed by atoms with Gasteiger partial charge in [0.2, 0.25) is 0 Å². The van der Waals surface area contributed by atoms with Crippen molar-refractivity contribution >= 4 is 12.1 Å². The monoisotopic (exact) mass is 287 g/mol. The van der Waals surface area contributed by atoms with E-state index < -0.39 is 23.7 Å². The third kappa shape index (κ3) is 8.77. The predicted octanol–water partition coefficient (Wildman–Crippen LogP) is 3.13. The minimum atomic E-state index is -0.707. The fourth-order valence-electron chi connectivity index (χ4n) is 1.31. The van der Waals surface area contributed by atoms with Crippen LogP contribution < -0.4 is 5.32 Å². The molecule has 0 aliphatic carbocycles. The first-order valence-corrected chi connectivity index (χ1v) is 6.98. The quantitative estimate of drug-likeness (QED) is 0.807. The van der Waals surface area contributed by atoms with Gasteiger partial charge in [-0.25, -0.2) is 9.59 Å². The molecule has 1 amide bonds. The number of ether oxygens (including phenoxy) is 2. The second-order valence-electron chi connectivity index (χ2n) is 7.54. The summed E-state index contributed by atoms with van der Waals surface area (Å²) >= 11 is 0. The zero-order valence-corrected chi connectivity index (χ0v) is 14.0. The molecule has 0 aliphatic rings. The van der Waals surface area contributed by atoms with Crippen LogP contribution in [0.1, 0.15) is 55.4 Å². The molecule has 5 nitrogen and oxygen atoms in total. The fourth-order valence-corrected chi connectivity index (χ4v) is 1.31. The number of carbonyl (C=O) groups is 2. The maximum atomic E-state index is 12.0. The molecular weight excluding hydrogens is 258 g/mol. The Morgan fingerprint density at radius 2 is 1.55 bits per heavy atom. The van der Waals surface area contributed by atoms with E-state index in [1.807, 2.05) is 34.6 Å². The highest BCUT2D eigenvalue weighted by atomic mass is 16.6. The lowest BCUT2D eigenvalue weighted by Gasteiger charge is -2.26. The van der Waals surface area contributed by atoms with Gasteiger partial charge in [-0.05, 0) is 32.1 Å². The van der Waals surface area contributed by atoms with Gasteiger partial charge in [0.1, 0.15) is 11.6 Å². The van der Waals surface area contributed by atoms with Crippen molar-refractivity contribution in [3.8, 4) is 0 Å². The van der Waals surface area contributed by atoms with Gasteiger partial charge >= 0.3 is 12.1 Å². The molecule has 118 valence electrons. The number of hydrogen-bond acceptors (Lipinski definition) is 4. The zero-order valence-electron chi connectivity index (χ0n) is 14.0. The highest BCUT2D eigenvalue weighted by Gasteiger charge is 2.29. The molecule has 0 aromatic rings. The van der Waals surface area contributed by atoms with Crippen LogP contribution in [0.4, 0.5) is 4.79 Å². The molecule has 0 spiro atoms. The molecule has 5 heteroatoms. The van der Waals surface area contributed by atoms with Crippen LogP contribution in [0.3, 0.4) is 0 Å². The molecule has 0 bridgehead atoms. The van der Waals surface area contributed by atoms with E-state index in [1.165, 1.54) is 0 Å². The van der Waals surface area contributed by atoms with Crippen molar-refractivity contribution in [3.63, 3.8) is 0 Å². The van der Waals surface area contributed by atoms with Crippen molar-refractivity contribution in [3.05, 3.63) is 0 Å². The van der Waals surface area contributed by atoms with E-state index >= 15 is 0 Å². The maximum Gasteiger partial charge on any atom is 0.407 e. The van der Waals surface area contributed by atoms with Crippen molar-refractivity contribution in [2.45, 2.75) is 67.0 Å². The Bertz CT molecular complexity index is 337. The Labute approximate surface area is 122 Å². The van der Waals surface area contributed by atoms with Crippen molar-refractivity contribution in [2.75, 3.05) is 6.61 Å². The Morgan fingerprint density at radius 1 is 1.05 bits per heavy atom. The molecule has 0 fully saturated rings. The highest BCUT2D eigenvalue weighted by molar-refractivity contribution is 5.81. The van der Waals surface area contributed by atoms with Crippen LogP contribution >= 0.6 is 0 Å². The molecule has 0 aromatic heterocycles. The average molecular weight is 287 g/mol. The molecule has 1 atom stereocenters. The van der Waals surface area contributed by atoms with Gasteiger partial charge in [-0.3, -0.25) is 0 Å². The lowest BCUT2D eigenvalue weighted by atomic mass is 9.99. The van der Waals surface area contributed by atoms with E-state index in [2.05, 4.69) is 5.32 Å². The summed E-state index contributed by atoms with van der Waals surface area (Å²) < 4.78 is 10.4. The molecule has 0 heterocycles. The SMILES string of the molecule is CC(C)C(NC(=O)OCC(C)(C)C)C(=O)OC(C)(C)C. The van der Waals surface area contributed by atoms with Crippen molar-refractivity contribution in [2.24, 2.45) is 11.3 Å². The Hall–Kier alpha value is -1.26. The Balaban J connectivity index is 4.56.